The maximum absolute atomic E-state index is 13.3. The molecule has 1 aliphatic rings. The molecule has 0 radical (unpaired) electrons. The Morgan fingerprint density at radius 3 is 2.62 bits per heavy atom. The van der Waals surface area contributed by atoms with Crippen LogP contribution < -0.4 is 10.1 Å². The highest BCUT2D eigenvalue weighted by atomic mass is 19.3. The first-order valence-electron chi connectivity index (χ1n) is 9.54. The van der Waals surface area contributed by atoms with Crippen molar-refractivity contribution in [3.63, 3.8) is 0 Å². The van der Waals surface area contributed by atoms with Crippen LogP contribution in [0.4, 0.5) is 14.5 Å². The Kier molecular flexibility index (Phi) is 6.42. The smallest absolute Gasteiger partial charge is 0.255 e. The van der Waals surface area contributed by atoms with Crippen LogP contribution in [0.25, 0.3) is 11.6 Å². The van der Waals surface area contributed by atoms with E-state index in [0.29, 0.717) is 35.5 Å². The number of nitrogens with zero attached hydrogens (tertiary/aromatic N) is 1. The third-order valence-corrected chi connectivity index (χ3v) is 5.04. The van der Waals surface area contributed by atoms with Gasteiger partial charge in [0.15, 0.2) is 0 Å². The number of methoxy groups -OCH3 is 1. The number of benzene rings is 1. The molecule has 1 heterocycles. The number of carbonyl (C=O) groups excluding carboxylic acids is 1. The van der Waals surface area contributed by atoms with Gasteiger partial charge in [0, 0.05) is 24.0 Å². The molecule has 29 heavy (non-hydrogen) atoms. The first kappa shape index (κ1) is 20.7. The molecule has 1 fully saturated rings. The predicted octanol–water partition coefficient (Wildman–Crippen LogP) is 5.58. The number of hydrogen-bond donors (Lipinski definition) is 1. The van der Waals surface area contributed by atoms with Crippen molar-refractivity contribution in [2.45, 2.75) is 31.6 Å². The van der Waals surface area contributed by atoms with Crippen molar-refractivity contribution in [1.29, 1.82) is 0 Å². The van der Waals surface area contributed by atoms with Gasteiger partial charge in [-0.05, 0) is 30.4 Å². The molecule has 1 aromatic heterocycles. The summed E-state index contributed by atoms with van der Waals surface area (Å²) in [5, 5.41) is 2.79. The Morgan fingerprint density at radius 2 is 1.97 bits per heavy atom. The lowest BCUT2D eigenvalue weighted by Gasteiger charge is -2.26. The van der Waals surface area contributed by atoms with Gasteiger partial charge in [0.25, 0.3) is 5.91 Å². The first-order valence-corrected chi connectivity index (χ1v) is 9.54. The third kappa shape index (κ3) is 5.50. The maximum atomic E-state index is 13.3. The minimum absolute atomic E-state index is 0.0882. The van der Waals surface area contributed by atoms with Crippen LogP contribution >= 0.6 is 0 Å². The second-order valence-electron chi connectivity index (χ2n) is 7.17. The molecule has 1 saturated carbocycles. The summed E-state index contributed by atoms with van der Waals surface area (Å²) in [6.45, 7) is 3.85. The molecule has 1 N–H and O–H groups in total. The Balaban J connectivity index is 1.71. The molecule has 4 nitrogen and oxygen atoms in total. The van der Waals surface area contributed by atoms with E-state index >= 15 is 0 Å². The summed E-state index contributed by atoms with van der Waals surface area (Å²) in [5.41, 5.74) is 2.26. The molecular weight excluding hydrogens is 374 g/mol. The van der Waals surface area contributed by atoms with Gasteiger partial charge in [-0.1, -0.05) is 49.1 Å². The molecule has 0 spiro atoms. The molecule has 1 amide bonds. The second kappa shape index (κ2) is 8.99. The first-order chi connectivity index (χ1) is 13.9. The average Bonchev–Trinajstić information content (AvgIpc) is 2.73. The van der Waals surface area contributed by atoms with E-state index < -0.39 is 5.92 Å². The molecular formula is C23H24F2N2O2. The van der Waals surface area contributed by atoms with Crippen LogP contribution in [0, 0.1) is 5.92 Å². The summed E-state index contributed by atoms with van der Waals surface area (Å²) in [7, 11) is 1.51. The number of pyridine rings is 1. The van der Waals surface area contributed by atoms with Crippen LogP contribution in [0.15, 0.2) is 55.3 Å². The van der Waals surface area contributed by atoms with Crippen LogP contribution in [0.5, 0.6) is 5.88 Å². The lowest BCUT2D eigenvalue weighted by atomic mass is 9.86. The van der Waals surface area contributed by atoms with Gasteiger partial charge in [-0.15, -0.1) is 0 Å². The highest BCUT2D eigenvalue weighted by Crippen LogP contribution is 2.37. The monoisotopic (exact) mass is 398 g/mol. The summed E-state index contributed by atoms with van der Waals surface area (Å²) in [4.78, 5) is 16.7. The van der Waals surface area contributed by atoms with Gasteiger partial charge in [0.1, 0.15) is 0 Å². The lowest BCUT2D eigenvalue weighted by Crippen LogP contribution is -2.23. The Hall–Kier alpha value is -3.02. The maximum Gasteiger partial charge on any atom is 0.255 e. The van der Waals surface area contributed by atoms with Crippen LogP contribution in [0.1, 0.15) is 36.8 Å². The van der Waals surface area contributed by atoms with Crippen molar-refractivity contribution in [2.24, 2.45) is 5.92 Å². The van der Waals surface area contributed by atoms with Crippen LogP contribution in [0.3, 0.4) is 0 Å². The molecule has 6 heteroatoms. The molecule has 0 aliphatic heterocycles. The minimum atomic E-state index is -2.55. The van der Waals surface area contributed by atoms with Gasteiger partial charge in [0.05, 0.1) is 19.0 Å². The van der Waals surface area contributed by atoms with Gasteiger partial charge in [-0.2, -0.15) is 0 Å². The van der Waals surface area contributed by atoms with E-state index in [-0.39, 0.29) is 24.7 Å². The summed E-state index contributed by atoms with van der Waals surface area (Å²) in [5.74, 6) is -2.38. The number of alkyl halides is 2. The number of amides is 1. The predicted molar refractivity (Wildman–Crippen MR) is 111 cm³/mol. The summed E-state index contributed by atoms with van der Waals surface area (Å²) >= 11 is 0. The van der Waals surface area contributed by atoms with Crippen LogP contribution in [-0.2, 0) is 4.79 Å². The second-order valence-corrected chi connectivity index (χ2v) is 7.17. The summed E-state index contributed by atoms with van der Waals surface area (Å²) < 4.78 is 31.9. The number of carbonyl (C=O) groups is 1. The fraction of sp³-hybridized carbons (Fsp3) is 0.304. The van der Waals surface area contributed by atoms with Crippen molar-refractivity contribution in [3.05, 3.63) is 66.4 Å². The Labute approximate surface area is 169 Å². The Morgan fingerprint density at radius 1 is 1.28 bits per heavy atom. The standard InChI is InChI=1S/C23H24F2N2O2/c1-16(18-6-4-3-5-7-18)21(28)27-20-14-19(22(29-2)26-15-20)9-8-17-10-12-23(24,25)13-11-17/h3-9,14-15,17H,1,10-13H2,2H3,(H,27,28)/b9-8+. The number of halogens is 2. The van der Waals surface area contributed by atoms with E-state index in [0.717, 1.165) is 5.56 Å². The van der Waals surface area contributed by atoms with Crippen molar-refractivity contribution in [2.75, 3.05) is 12.4 Å². The number of rotatable bonds is 6. The number of anilines is 1. The molecule has 0 unspecified atom stereocenters. The van der Waals surface area contributed by atoms with E-state index in [1.54, 1.807) is 6.07 Å². The van der Waals surface area contributed by atoms with Gasteiger partial charge in [-0.3, -0.25) is 4.79 Å². The van der Waals surface area contributed by atoms with Gasteiger partial charge in [0.2, 0.25) is 11.8 Å². The van der Waals surface area contributed by atoms with E-state index in [1.165, 1.54) is 13.3 Å². The van der Waals surface area contributed by atoms with Crippen molar-refractivity contribution in [1.82, 2.24) is 4.98 Å². The normalized spacial score (nSPS) is 16.5. The molecule has 2 aromatic rings. The van der Waals surface area contributed by atoms with E-state index in [2.05, 4.69) is 16.9 Å². The Bertz CT molecular complexity index is 900. The topological polar surface area (TPSA) is 51.2 Å². The fourth-order valence-corrected chi connectivity index (χ4v) is 3.30. The quantitative estimate of drug-likeness (QED) is 0.646. The molecule has 1 aromatic carbocycles. The van der Waals surface area contributed by atoms with Gasteiger partial charge >= 0.3 is 0 Å². The number of allylic oxidation sites excluding steroid dienone is 1. The van der Waals surface area contributed by atoms with Gasteiger partial charge < -0.3 is 10.1 Å². The molecule has 1 aliphatic carbocycles. The molecule has 3 rings (SSSR count). The summed E-state index contributed by atoms with van der Waals surface area (Å²) in [6, 6.07) is 10.9. The largest absolute Gasteiger partial charge is 0.481 e. The zero-order chi connectivity index (χ0) is 20.9. The lowest BCUT2D eigenvalue weighted by molar-refractivity contribution is -0.111. The minimum Gasteiger partial charge on any atom is -0.481 e. The van der Waals surface area contributed by atoms with E-state index in [9.17, 15) is 13.6 Å². The zero-order valence-corrected chi connectivity index (χ0v) is 16.3. The van der Waals surface area contributed by atoms with Crippen molar-refractivity contribution >= 4 is 23.2 Å². The average molecular weight is 398 g/mol. The zero-order valence-electron chi connectivity index (χ0n) is 16.3. The number of aromatic nitrogens is 1. The molecule has 0 bridgehead atoms. The highest BCUT2D eigenvalue weighted by molar-refractivity contribution is 6.24. The fourth-order valence-electron chi connectivity index (χ4n) is 3.30. The van der Waals surface area contributed by atoms with Crippen molar-refractivity contribution in [3.8, 4) is 5.88 Å². The van der Waals surface area contributed by atoms with Crippen molar-refractivity contribution < 1.29 is 18.3 Å². The van der Waals surface area contributed by atoms with Crippen LogP contribution in [0.2, 0.25) is 0 Å². The van der Waals surface area contributed by atoms with Crippen LogP contribution in [-0.4, -0.2) is 23.9 Å². The molecule has 0 saturated heterocycles. The third-order valence-electron chi connectivity index (χ3n) is 5.04. The SMILES string of the molecule is C=C(C(=O)Nc1cnc(OC)c(/C=C/C2CCC(F)(F)CC2)c1)c1ccccc1. The highest BCUT2D eigenvalue weighted by Gasteiger charge is 2.33. The molecule has 152 valence electrons. The summed E-state index contributed by atoms with van der Waals surface area (Å²) in [6.07, 6.45) is 5.97. The van der Waals surface area contributed by atoms with E-state index in [4.69, 9.17) is 4.74 Å². The van der Waals surface area contributed by atoms with E-state index in [1.807, 2.05) is 42.5 Å². The number of ether oxygens (including phenoxy) is 1. The number of hydrogen-bond acceptors (Lipinski definition) is 3. The number of nitrogens with one attached hydrogen (secondary N) is 1. The molecule has 0 atom stereocenters. The van der Waals surface area contributed by atoms with Gasteiger partial charge in [-0.25, -0.2) is 13.8 Å².